The van der Waals surface area contributed by atoms with E-state index in [1.165, 1.54) is 5.56 Å². The van der Waals surface area contributed by atoms with Crippen LogP contribution in [0.1, 0.15) is 70.0 Å². The van der Waals surface area contributed by atoms with Gasteiger partial charge in [0, 0.05) is 11.1 Å². The number of hydrogen-bond acceptors (Lipinski definition) is 5. The Morgan fingerprint density at radius 1 is 1.17 bits per heavy atom. The summed E-state index contributed by atoms with van der Waals surface area (Å²) in [6.45, 7) is 10.4. The first kappa shape index (κ1) is 19.8. The van der Waals surface area contributed by atoms with Gasteiger partial charge >= 0.3 is 0 Å². The molecule has 7 nitrogen and oxygen atoms in total. The van der Waals surface area contributed by atoms with Gasteiger partial charge in [-0.05, 0) is 92.2 Å². The van der Waals surface area contributed by atoms with Gasteiger partial charge in [-0.2, -0.15) is 0 Å². The number of tetrazole rings is 1. The molecule has 1 saturated heterocycles. The molecule has 0 aliphatic carbocycles. The number of rotatable bonds is 6. The highest BCUT2D eigenvalue weighted by Crippen LogP contribution is 2.32. The molecule has 3 aromatic rings. The average molecular weight is 395 g/mol. The molecule has 0 unspecified atom stereocenters. The van der Waals surface area contributed by atoms with Crippen LogP contribution in [-0.4, -0.2) is 43.2 Å². The Bertz CT molecular complexity index is 1060. The maximum absolute atomic E-state index is 13.2. The fourth-order valence-corrected chi connectivity index (χ4v) is 4.14. The number of hydrogen-bond donors (Lipinski definition) is 1. The van der Waals surface area contributed by atoms with Crippen LogP contribution in [0, 0.1) is 0 Å². The van der Waals surface area contributed by atoms with Crippen LogP contribution in [0.2, 0.25) is 0 Å². The van der Waals surface area contributed by atoms with Crippen LogP contribution in [0.5, 0.6) is 0 Å². The lowest BCUT2D eigenvalue weighted by atomic mass is 9.99. The van der Waals surface area contributed by atoms with E-state index in [2.05, 4.69) is 65.2 Å². The van der Waals surface area contributed by atoms with Crippen molar-refractivity contribution in [2.75, 3.05) is 13.1 Å². The molecule has 7 heteroatoms. The van der Waals surface area contributed by atoms with E-state index < -0.39 is 0 Å². The van der Waals surface area contributed by atoms with Crippen molar-refractivity contribution < 1.29 is 0 Å². The lowest BCUT2D eigenvalue weighted by molar-refractivity contribution is 0.230. The summed E-state index contributed by atoms with van der Waals surface area (Å²) in [5.74, 6) is 0.746. The molecule has 4 rings (SSSR count). The Hall–Kier alpha value is -2.54. The highest BCUT2D eigenvalue weighted by molar-refractivity contribution is 5.80. The summed E-state index contributed by atoms with van der Waals surface area (Å²) in [6.07, 6.45) is 4.11. The maximum atomic E-state index is 13.2. The minimum Gasteiger partial charge on any atom is -0.322 e. The molecule has 1 fully saturated rings. The topological polar surface area (TPSA) is 79.7 Å². The predicted molar refractivity (Wildman–Crippen MR) is 114 cm³/mol. The van der Waals surface area contributed by atoms with Gasteiger partial charge in [-0.3, -0.25) is 9.69 Å². The first-order valence-electron chi connectivity index (χ1n) is 10.6. The third-order valence-corrected chi connectivity index (χ3v) is 6.32. The van der Waals surface area contributed by atoms with Gasteiger partial charge in [-0.1, -0.05) is 19.9 Å². The number of H-pyrrole nitrogens is 1. The van der Waals surface area contributed by atoms with E-state index in [0.29, 0.717) is 0 Å². The second kappa shape index (κ2) is 7.71. The summed E-state index contributed by atoms with van der Waals surface area (Å²) < 4.78 is 1.90. The molecule has 0 spiro atoms. The molecule has 1 aromatic carbocycles. The second-order valence-electron chi connectivity index (χ2n) is 8.59. The van der Waals surface area contributed by atoms with Gasteiger partial charge in [0.05, 0.1) is 5.54 Å². The van der Waals surface area contributed by atoms with Crippen molar-refractivity contribution in [3.63, 3.8) is 0 Å². The molecule has 29 heavy (non-hydrogen) atoms. The Morgan fingerprint density at radius 2 is 1.93 bits per heavy atom. The predicted octanol–water partition coefficient (Wildman–Crippen LogP) is 3.41. The number of pyridine rings is 1. The number of aromatic amines is 1. The monoisotopic (exact) mass is 394 g/mol. The van der Waals surface area contributed by atoms with Crippen molar-refractivity contribution in [3.05, 3.63) is 51.6 Å². The Kier molecular flexibility index (Phi) is 5.25. The normalized spacial score (nSPS) is 16.6. The Morgan fingerprint density at radius 3 is 2.62 bits per heavy atom. The smallest absolute Gasteiger partial charge is 0.253 e. The number of benzene rings is 1. The molecule has 2 aromatic heterocycles. The van der Waals surface area contributed by atoms with Crippen LogP contribution >= 0.6 is 0 Å². The number of fused-ring (bicyclic) bond motifs is 1. The van der Waals surface area contributed by atoms with E-state index in [1.54, 1.807) is 0 Å². The molecular weight excluding hydrogens is 364 g/mol. The van der Waals surface area contributed by atoms with E-state index >= 15 is 0 Å². The number of likely N-dealkylation sites (tertiary alicyclic amines) is 1. The largest absolute Gasteiger partial charge is 0.322 e. The van der Waals surface area contributed by atoms with Crippen LogP contribution in [0.4, 0.5) is 0 Å². The van der Waals surface area contributed by atoms with Crippen molar-refractivity contribution in [2.45, 2.75) is 65.0 Å². The summed E-state index contributed by atoms with van der Waals surface area (Å²) >= 11 is 0. The van der Waals surface area contributed by atoms with Crippen LogP contribution in [0.3, 0.4) is 0 Å². The van der Waals surface area contributed by atoms with Crippen LogP contribution in [0.25, 0.3) is 10.9 Å². The quantitative estimate of drug-likeness (QED) is 0.693. The van der Waals surface area contributed by atoms with Gasteiger partial charge in [0.25, 0.3) is 5.56 Å². The minimum atomic E-state index is -0.253. The van der Waals surface area contributed by atoms with Crippen molar-refractivity contribution >= 4 is 10.9 Å². The number of aryl methyl sites for hydroxylation is 1. The van der Waals surface area contributed by atoms with Crippen molar-refractivity contribution in [1.29, 1.82) is 0 Å². The van der Waals surface area contributed by atoms with E-state index in [0.717, 1.165) is 61.1 Å². The summed E-state index contributed by atoms with van der Waals surface area (Å²) in [5, 5.41) is 13.8. The van der Waals surface area contributed by atoms with Gasteiger partial charge < -0.3 is 4.98 Å². The molecule has 0 radical (unpaired) electrons. The number of nitrogens with zero attached hydrogens (tertiary/aromatic N) is 5. The summed E-state index contributed by atoms with van der Waals surface area (Å²) in [7, 11) is 0. The molecule has 1 aliphatic rings. The van der Waals surface area contributed by atoms with Gasteiger partial charge in [0.1, 0.15) is 6.04 Å². The average Bonchev–Trinajstić information content (AvgIpc) is 3.41. The lowest BCUT2D eigenvalue weighted by Gasteiger charge is -2.30. The second-order valence-corrected chi connectivity index (χ2v) is 8.59. The van der Waals surface area contributed by atoms with Crippen molar-refractivity contribution in [2.24, 2.45) is 0 Å². The zero-order chi connectivity index (χ0) is 20.6. The SMILES string of the molecule is CCc1ccc2[nH]c(=O)c([C@H](c3nnnn3C(C)(C)CC)N3CCCC3)cc2c1. The molecule has 0 bridgehead atoms. The fraction of sp³-hybridized carbons (Fsp3) is 0.545. The van der Waals surface area contributed by atoms with Crippen LogP contribution in [0.15, 0.2) is 29.1 Å². The first-order chi connectivity index (χ1) is 13.9. The third kappa shape index (κ3) is 3.59. The molecule has 1 N–H and O–H groups in total. The number of aromatic nitrogens is 5. The summed E-state index contributed by atoms with van der Waals surface area (Å²) in [5.41, 5.74) is 2.54. The molecule has 3 heterocycles. The highest BCUT2D eigenvalue weighted by Gasteiger charge is 2.35. The van der Waals surface area contributed by atoms with E-state index in [9.17, 15) is 4.79 Å². The minimum absolute atomic E-state index is 0.0671. The molecule has 154 valence electrons. The van der Waals surface area contributed by atoms with Gasteiger partial charge in [-0.15, -0.1) is 5.10 Å². The zero-order valence-corrected chi connectivity index (χ0v) is 17.8. The van der Waals surface area contributed by atoms with Crippen molar-refractivity contribution in [1.82, 2.24) is 30.1 Å². The Balaban J connectivity index is 1.91. The Labute approximate surface area is 171 Å². The van der Waals surface area contributed by atoms with Gasteiger partial charge in [-0.25, -0.2) is 4.68 Å². The standard InChI is InChI=1S/C22H30N6O/c1-5-15-9-10-18-16(13-15)14-17(21(29)23-18)19(27-11-7-8-12-27)20-24-25-26-28(20)22(3,4)6-2/h9-10,13-14,19H,5-8,11-12H2,1-4H3,(H,23,29)/t19-/m1/s1. The van der Waals surface area contributed by atoms with Gasteiger partial charge in [0.15, 0.2) is 5.82 Å². The summed E-state index contributed by atoms with van der Waals surface area (Å²) in [4.78, 5) is 18.6. The molecule has 0 saturated carbocycles. The number of nitrogens with one attached hydrogen (secondary N) is 1. The van der Waals surface area contributed by atoms with Crippen molar-refractivity contribution in [3.8, 4) is 0 Å². The molecular formula is C22H30N6O. The van der Waals surface area contributed by atoms with Crippen LogP contribution < -0.4 is 5.56 Å². The fourth-order valence-electron chi connectivity index (χ4n) is 4.14. The zero-order valence-electron chi connectivity index (χ0n) is 17.8. The maximum Gasteiger partial charge on any atom is 0.253 e. The third-order valence-electron chi connectivity index (χ3n) is 6.32. The summed E-state index contributed by atoms with van der Waals surface area (Å²) in [6, 6.07) is 8.01. The van der Waals surface area contributed by atoms with E-state index in [-0.39, 0.29) is 17.1 Å². The molecule has 0 amide bonds. The van der Waals surface area contributed by atoms with Gasteiger partial charge in [0.2, 0.25) is 0 Å². The highest BCUT2D eigenvalue weighted by atomic mass is 16.1. The lowest BCUT2D eigenvalue weighted by Crippen LogP contribution is -2.37. The molecule has 1 aliphatic heterocycles. The van der Waals surface area contributed by atoms with Crippen LogP contribution in [-0.2, 0) is 12.0 Å². The first-order valence-corrected chi connectivity index (χ1v) is 10.6. The van der Waals surface area contributed by atoms with E-state index in [4.69, 9.17) is 0 Å². The molecule has 1 atom stereocenters. The van der Waals surface area contributed by atoms with E-state index in [1.807, 2.05) is 16.8 Å².